The second-order valence-electron chi connectivity index (χ2n) is 6.29. The maximum Gasteiger partial charge on any atom is 0.319 e. The van der Waals surface area contributed by atoms with Crippen LogP contribution in [0.15, 0.2) is 55.1 Å². The lowest BCUT2D eigenvalue weighted by Crippen LogP contribution is -2.33. The van der Waals surface area contributed by atoms with Crippen molar-refractivity contribution in [1.82, 2.24) is 14.8 Å². The van der Waals surface area contributed by atoms with Gasteiger partial charge in [-0.15, -0.1) is 0 Å². The number of rotatable bonds is 4. The van der Waals surface area contributed by atoms with Gasteiger partial charge in [0.05, 0.1) is 6.54 Å². The van der Waals surface area contributed by atoms with Crippen LogP contribution in [0.4, 0.5) is 16.2 Å². The average Bonchev–Trinajstić information content (AvgIpc) is 3.31. The standard InChI is InChI=1S/C19H18N6O2/c20-19(27)25-8-7-13-9-15(5-6-17(13)25)23-18(26)16-4-2-1-3-14(16)10-24-12-21-11-22-24/h1-6,9,11-12H,7-8,10H2,(H2,20,27)(H,23,26). The summed E-state index contributed by atoms with van der Waals surface area (Å²) in [6.07, 6.45) is 3.78. The highest BCUT2D eigenvalue weighted by atomic mass is 16.2. The smallest absolute Gasteiger partial charge is 0.319 e. The number of fused-ring (bicyclic) bond motifs is 1. The molecule has 2 heterocycles. The van der Waals surface area contributed by atoms with E-state index in [1.807, 2.05) is 30.3 Å². The minimum atomic E-state index is -0.465. The van der Waals surface area contributed by atoms with Crippen LogP contribution in [-0.4, -0.2) is 33.2 Å². The van der Waals surface area contributed by atoms with Crippen molar-refractivity contribution in [3.8, 4) is 0 Å². The SMILES string of the molecule is NC(=O)N1CCc2cc(NC(=O)c3ccccc3Cn3cncn3)ccc21. The van der Waals surface area contributed by atoms with Crippen LogP contribution in [0.1, 0.15) is 21.5 Å². The number of nitrogens with two attached hydrogens (primary N) is 1. The summed E-state index contributed by atoms with van der Waals surface area (Å²) in [5.41, 5.74) is 9.28. The van der Waals surface area contributed by atoms with E-state index in [0.717, 1.165) is 16.8 Å². The number of hydrogen-bond donors (Lipinski definition) is 2. The number of anilines is 2. The first-order chi connectivity index (χ1) is 13.1. The van der Waals surface area contributed by atoms with Crippen molar-refractivity contribution in [3.05, 3.63) is 71.8 Å². The van der Waals surface area contributed by atoms with Crippen molar-refractivity contribution in [2.24, 2.45) is 5.73 Å². The molecular weight excluding hydrogens is 344 g/mol. The molecule has 136 valence electrons. The Kier molecular flexibility index (Phi) is 4.29. The fraction of sp³-hybridized carbons (Fsp3) is 0.158. The summed E-state index contributed by atoms with van der Waals surface area (Å²) in [5.74, 6) is -0.199. The molecule has 0 saturated heterocycles. The van der Waals surface area contributed by atoms with Crippen LogP contribution in [0.5, 0.6) is 0 Å². The van der Waals surface area contributed by atoms with Gasteiger partial charge in [-0.2, -0.15) is 5.10 Å². The molecule has 8 nitrogen and oxygen atoms in total. The Morgan fingerprint density at radius 3 is 2.81 bits per heavy atom. The molecule has 3 N–H and O–H groups in total. The van der Waals surface area contributed by atoms with Crippen molar-refractivity contribution >= 4 is 23.3 Å². The molecule has 0 bridgehead atoms. The molecule has 0 unspecified atom stereocenters. The number of benzene rings is 2. The van der Waals surface area contributed by atoms with E-state index in [2.05, 4.69) is 15.4 Å². The molecule has 2 aromatic carbocycles. The van der Waals surface area contributed by atoms with Gasteiger partial charge in [0.25, 0.3) is 5.91 Å². The maximum absolute atomic E-state index is 12.8. The predicted octanol–water partition coefficient (Wildman–Crippen LogP) is 2.02. The Hall–Kier alpha value is -3.68. The number of hydrogen-bond acceptors (Lipinski definition) is 4. The zero-order valence-corrected chi connectivity index (χ0v) is 14.5. The van der Waals surface area contributed by atoms with Gasteiger partial charge in [-0.1, -0.05) is 18.2 Å². The fourth-order valence-electron chi connectivity index (χ4n) is 3.28. The molecule has 0 aliphatic carbocycles. The van der Waals surface area contributed by atoms with Crippen molar-refractivity contribution in [1.29, 1.82) is 0 Å². The first-order valence-corrected chi connectivity index (χ1v) is 8.53. The molecule has 27 heavy (non-hydrogen) atoms. The minimum Gasteiger partial charge on any atom is -0.351 e. The fourth-order valence-corrected chi connectivity index (χ4v) is 3.28. The normalized spacial score (nSPS) is 12.7. The van der Waals surface area contributed by atoms with Crippen LogP contribution in [0.2, 0.25) is 0 Å². The summed E-state index contributed by atoms with van der Waals surface area (Å²) >= 11 is 0. The van der Waals surface area contributed by atoms with Crippen molar-refractivity contribution < 1.29 is 9.59 Å². The van der Waals surface area contributed by atoms with Gasteiger partial charge in [-0.05, 0) is 41.8 Å². The number of urea groups is 1. The van der Waals surface area contributed by atoms with Crippen molar-refractivity contribution in [2.75, 3.05) is 16.8 Å². The highest BCUT2D eigenvalue weighted by Gasteiger charge is 2.23. The van der Waals surface area contributed by atoms with E-state index in [1.54, 1.807) is 23.1 Å². The molecule has 0 fully saturated rings. The number of carbonyl (C=O) groups excluding carboxylic acids is 2. The van der Waals surface area contributed by atoms with E-state index in [-0.39, 0.29) is 5.91 Å². The summed E-state index contributed by atoms with van der Waals surface area (Å²) < 4.78 is 1.67. The maximum atomic E-state index is 12.8. The van der Waals surface area contributed by atoms with Crippen LogP contribution in [0, 0.1) is 0 Å². The molecule has 1 aromatic heterocycles. The summed E-state index contributed by atoms with van der Waals surface area (Å²) in [6, 6.07) is 12.4. The average molecular weight is 362 g/mol. The third-order valence-corrected chi connectivity index (χ3v) is 4.56. The van der Waals surface area contributed by atoms with Gasteiger partial charge in [-0.3, -0.25) is 9.69 Å². The summed E-state index contributed by atoms with van der Waals surface area (Å²) in [4.78, 5) is 29.7. The summed E-state index contributed by atoms with van der Waals surface area (Å²) in [7, 11) is 0. The van der Waals surface area contributed by atoms with E-state index in [1.165, 1.54) is 11.2 Å². The molecule has 1 aliphatic rings. The minimum absolute atomic E-state index is 0.199. The summed E-state index contributed by atoms with van der Waals surface area (Å²) in [5, 5.41) is 7.02. The second kappa shape index (κ2) is 6.91. The van der Waals surface area contributed by atoms with Gasteiger partial charge in [-0.25, -0.2) is 14.5 Å². The highest BCUT2D eigenvalue weighted by Crippen LogP contribution is 2.30. The molecule has 3 aromatic rings. The van der Waals surface area contributed by atoms with Gasteiger partial charge < -0.3 is 11.1 Å². The number of aromatic nitrogens is 3. The van der Waals surface area contributed by atoms with Gasteiger partial charge in [0.1, 0.15) is 12.7 Å². The molecule has 0 saturated carbocycles. The molecule has 3 amide bonds. The second-order valence-corrected chi connectivity index (χ2v) is 6.29. The predicted molar refractivity (Wildman–Crippen MR) is 101 cm³/mol. The van der Waals surface area contributed by atoms with Crippen LogP contribution in [0.3, 0.4) is 0 Å². The molecule has 1 aliphatic heterocycles. The number of nitrogens with zero attached hydrogens (tertiary/aromatic N) is 4. The summed E-state index contributed by atoms with van der Waals surface area (Å²) in [6.45, 7) is 1.02. The van der Waals surface area contributed by atoms with Crippen molar-refractivity contribution in [2.45, 2.75) is 13.0 Å². The number of primary amides is 1. The number of nitrogens with one attached hydrogen (secondary N) is 1. The van der Waals surface area contributed by atoms with Gasteiger partial charge >= 0.3 is 6.03 Å². The molecule has 0 radical (unpaired) electrons. The first-order valence-electron chi connectivity index (χ1n) is 8.53. The Labute approximate surface area is 155 Å². The lowest BCUT2D eigenvalue weighted by Gasteiger charge is -2.15. The van der Waals surface area contributed by atoms with Gasteiger partial charge in [0, 0.05) is 23.5 Å². The Morgan fingerprint density at radius 2 is 2.04 bits per heavy atom. The van der Waals surface area contributed by atoms with E-state index >= 15 is 0 Å². The molecular formula is C19H18N6O2. The van der Waals surface area contributed by atoms with Crippen LogP contribution in [-0.2, 0) is 13.0 Å². The quantitative estimate of drug-likeness (QED) is 0.740. The third kappa shape index (κ3) is 3.37. The Bertz CT molecular complexity index is 999. The van der Waals surface area contributed by atoms with Crippen LogP contribution in [0.25, 0.3) is 0 Å². The first kappa shape index (κ1) is 16.8. The number of carbonyl (C=O) groups is 2. The lowest BCUT2D eigenvalue weighted by molar-refractivity contribution is 0.102. The molecule has 0 atom stereocenters. The lowest BCUT2D eigenvalue weighted by atomic mass is 10.1. The van der Waals surface area contributed by atoms with Crippen LogP contribution < -0.4 is 16.0 Å². The molecule has 0 spiro atoms. The topological polar surface area (TPSA) is 106 Å². The van der Waals surface area contributed by atoms with E-state index in [4.69, 9.17) is 5.73 Å². The third-order valence-electron chi connectivity index (χ3n) is 4.56. The largest absolute Gasteiger partial charge is 0.351 e. The van der Waals surface area contributed by atoms with Gasteiger partial charge in [0.2, 0.25) is 0 Å². The van der Waals surface area contributed by atoms with E-state index in [0.29, 0.717) is 30.8 Å². The highest BCUT2D eigenvalue weighted by molar-refractivity contribution is 6.05. The number of amides is 3. The van der Waals surface area contributed by atoms with E-state index < -0.39 is 6.03 Å². The Balaban J connectivity index is 1.54. The van der Waals surface area contributed by atoms with E-state index in [9.17, 15) is 9.59 Å². The van der Waals surface area contributed by atoms with Crippen LogP contribution >= 0.6 is 0 Å². The molecule has 4 rings (SSSR count). The Morgan fingerprint density at radius 1 is 1.19 bits per heavy atom. The zero-order valence-electron chi connectivity index (χ0n) is 14.5. The zero-order chi connectivity index (χ0) is 18.8. The molecule has 8 heteroatoms. The van der Waals surface area contributed by atoms with Gasteiger partial charge in [0.15, 0.2) is 0 Å². The monoisotopic (exact) mass is 362 g/mol. The van der Waals surface area contributed by atoms with Crippen molar-refractivity contribution in [3.63, 3.8) is 0 Å².